The first-order chi connectivity index (χ1) is 5.90. The van der Waals surface area contributed by atoms with Gasteiger partial charge in [0.1, 0.15) is 0 Å². The highest BCUT2D eigenvalue weighted by Gasteiger charge is 2.20. The van der Waals surface area contributed by atoms with Crippen LogP contribution in [0.15, 0.2) is 18.3 Å². The standard InChI is InChI=1S/C8H9NO3/c1-10-7-5-11-8-6(12-7)3-2-4-9-8/h2-4,7H,5H2,1H3. The van der Waals surface area contributed by atoms with Crippen LogP contribution in [0.3, 0.4) is 0 Å². The second kappa shape index (κ2) is 2.98. The lowest BCUT2D eigenvalue weighted by Gasteiger charge is -2.23. The van der Waals surface area contributed by atoms with Gasteiger partial charge in [-0.1, -0.05) is 0 Å². The van der Waals surface area contributed by atoms with Gasteiger partial charge in [0, 0.05) is 13.3 Å². The molecule has 64 valence electrons. The molecule has 0 saturated carbocycles. The van der Waals surface area contributed by atoms with Gasteiger partial charge in [-0.25, -0.2) is 4.98 Å². The zero-order chi connectivity index (χ0) is 8.39. The van der Waals surface area contributed by atoms with Crippen molar-refractivity contribution in [3.8, 4) is 11.6 Å². The summed E-state index contributed by atoms with van der Waals surface area (Å²) in [6.45, 7) is 0.389. The molecule has 0 amide bonds. The molecule has 1 unspecified atom stereocenters. The van der Waals surface area contributed by atoms with Gasteiger partial charge in [-0.3, -0.25) is 0 Å². The number of methoxy groups -OCH3 is 1. The van der Waals surface area contributed by atoms with Gasteiger partial charge in [0.2, 0.25) is 6.29 Å². The molecule has 0 aromatic carbocycles. The van der Waals surface area contributed by atoms with E-state index in [9.17, 15) is 0 Å². The Morgan fingerprint density at radius 3 is 3.42 bits per heavy atom. The highest BCUT2D eigenvalue weighted by atomic mass is 16.7. The number of hydrogen-bond donors (Lipinski definition) is 0. The third-order valence-electron chi connectivity index (χ3n) is 1.61. The van der Waals surface area contributed by atoms with Crippen molar-refractivity contribution in [2.24, 2.45) is 0 Å². The van der Waals surface area contributed by atoms with E-state index < -0.39 is 0 Å². The lowest BCUT2D eigenvalue weighted by Crippen LogP contribution is -2.30. The van der Waals surface area contributed by atoms with Gasteiger partial charge in [-0.15, -0.1) is 0 Å². The van der Waals surface area contributed by atoms with Crippen molar-refractivity contribution in [3.63, 3.8) is 0 Å². The van der Waals surface area contributed by atoms with E-state index in [0.717, 1.165) is 0 Å². The Hall–Kier alpha value is -1.29. The summed E-state index contributed by atoms with van der Waals surface area (Å²) in [6, 6.07) is 3.59. The molecule has 1 aromatic heterocycles. The van der Waals surface area contributed by atoms with Crippen LogP contribution >= 0.6 is 0 Å². The summed E-state index contributed by atoms with van der Waals surface area (Å²) >= 11 is 0. The van der Waals surface area contributed by atoms with E-state index >= 15 is 0 Å². The molecule has 2 rings (SSSR count). The Kier molecular flexibility index (Phi) is 1.83. The number of rotatable bonds is 1. The molecule has 0 saturated heterocycles. The molecule has 1 atom stereocenters. The van der Waals surface area contributed by atoms with Crippen molar-refractivity contribution >= 4 is 0 Å². The molecule has 0 aliphatic carbocycles. The van der Waals surface area contributed by atoms with Crippen LogP contribution in [0.2, 0.25) is 0 Å². The molecule has 0 spiro atoms. The number of aromatic nitrogens is 1. The van der Waals surface area contributed by atoms with Gasteiger partial charge in [0.25, 0.3) is 5.88 Å². The minimum atomic E-state index is -0.318. The van der Waals surface area contributed by atoms with Crippen molar-refractivity contribution in [2.75, 3.05) is 13.7 Å². The molecule has 12 heavy (non-hydrogen) atoms. The maximum Gasteiger partial charge on any atom is 0.257 e. The molecule has 4 heteroatoms. The molecular weight excluding hydrogens is 158 g/mol. The van der Waals surface area contributed by atoms with E-state index in [1.165, 1.54) is 0 Å². The zero-order valence-electron chi connectivity index (χ0n) is 6.69. The number of pyridine rings is 1. The molecule has 2 heterocycles. The van der Waals surface area contributed by atoms with Gasteiger partial charge in [0.15, 0.2) is 12.4 Å². The normalized spacial score (nSPS) is 20.6. The zero-order valence-corrected chi connectivity index (χ0v) is 6.69. The van der Waals surface area contributed by atoms with Gasteiger partial charge in [-0.05, 0) is 12.1 Å². The molecule has 0 fully saturated rings. The number of hydrogen-bond acceptors (Lipinski definition) is 4. The Balaban J connectivity index is 2.23. The summed E-state index contributed by atoms with van der Waals surface area (Å²) in [5.74, 6) is 1.17. The second-order valence-corrected chi connectivity index (χ2v) is 2.40. The van der Waals surface area contributed by atoms with Crippen LogP contribution < -0.4 is 9.47 Å². The van der Waals surface area contributed by atoms with Gasteiger partial charge >= 0.3 is 0 Å². The molecule has 1 aliphatic rings. The number of nitrogens with zero attached hydrogens (tertiary/aromatic N) is 1. The van der Waals surface area contributed by atoms with E-state index in [-0.39, 0.29) is 6.29 Å². The quantitative estimate of drug-likeness (QED) is 0.621. The Morgan fingerprint density at radius 1 is 1.67 bits per heavy atom. The average molecular weight is 167 g/mol. The minimum absolute atomic E-state index is 0.318. The van der Waals surface area contributed by atoms with Crippen LogP contribution in [-0.4, -0.2) is 25.0 Å². The first kappa shape index (κ1) is 7.36. The molecule has 1 aliphatic heterocycles. The SMILES string of the molecule is COC1COc2ncccc2O1. The van der Waals surface area contributed by atoms with E-state index in [1.54, 1.807) is 25.4 Å². The lowest BCUT2D eigenvalue weighted by atomic mass is 10.4. The first-order valence-electron chi connectivity index (χ1n) is 3.67. The Bertz CT molecular complexity index is 277. The topological polar surface area (TPSA) is 40.6 Å². The van der Waals surface area contributed by atoms with Crippen LogP contribution in [0.25, 0.3) is 0 Å². The van der Waals surface area contributed by atoms with Gasteiger partial charge < -0.3 is 14.2 Å². The van der Waals surface area contributed by atoms with Gasteiger partial charge in [0.05, 0.1) is 0 Å². The van der Waals surface area contributed by atoms with E-state index in [1.807, 2.05) is 0 Å². The molecule has 0 N–H and O–H groups in total. The molecular formula is C8H9NO3. The number of fused-ring (bicyclic) bond motifs is 1. The predicted molar refractivity (Wildman–Crippen MR) is 41.2 cm³/mol. The van der Waals surface area contributed by atoms with Crippen molar-refractivity contribution in [1.82, 2.24) is 4.98 Å². The highest BCUT2D eigenvalue weighted by Crippen LogP contribution is 2.28. The summed E-state index contributed by atoms with van der Waals surface area (Å²) in [5, 5.41) is 0. The fourth-order valence-electron chi connectivity index (χ4n) is 1.01. The maximum absolute atomic E-state index is 5.37. The van der Waals surface area contributed by atoms with Crippen molar-refractivity contribution in [1.29, 1.82) is 0 Å². The summed E-state index contributed by atoms with van der Waals surface area (Å²) in [5.41, 5.74) is 0. The van der Waals surface area contributed by atoms with Crippen molar-refractivity contribution in [2.45, 2.75) is 6.29 Å². The largest absolute Gasteiger partial charge is 0.468 e. The van der Waals surface area contributed by atoms with Crippen molar-refractivity contribution < 1.29 is 14.2 Å². The van der Waals surface area contributed by atoms with Gasteiger partial charge in [-0.2, -0.15) is 0 Å². The first-order valence-corrected chi connectivity index (χ1v) is 3.67. The van der Waals surface area contributed by atoms with Crippen LogP contribution in [0.5, 0.6) is 11.6 Å². The monoisotopic (exact) mass is 167 g/mol. The predicted octanol–water partition coefficient (Wildman–Crippen LogP) is 0.825. The van der Waals surface area contributed by atoms with E-state index in [0.29, 0.717) is 18.2 Å². The maximum atomic E-state index is 5.37. The summed E-state index contributed by atoms with van der Waals surface area (Å²) in [4.78, 5) is 3.99. The summed E-state index contributed by atoms with van der Waals surface area (Å²) in [7, 11) is 1.58. The second-order valence-electron chi connectivity index (χ2n) is 2.40. The van der Waals surface area contributed by atoms with Crippen LogP contribution in [0.1, 0.15) is 0 Å². The molecule has 0 bridgehead atoms. The fourth-order valence-corrected chi connectivity index (χ4v) is 1.01. The lowest BCUT2D eigenvalue weighted by molar-refractivity contribution is -0.0958. The van der Waals surface area contributed by atoms with Crippen LogP contribution in [0, 0.1) is 0 Å². The third-order valence-corrected chi connectivity index (χ3v) is 1.61. The third kappa shape index (κ3) is 1.21. The number of ether oxygens (including phenoxy) is 3. The molecule has 0 radical (unpaired) electrons. The van der Waals surface area contributed by atoms with Crippen LogP contribution in [-0.2, 0) is 4.74 Å². The molecule has 1 aromatic rings. The average Bonchev–Trinajstić information content (AvgIpc) is 2.17. The molecule has 4 nitrogen and oxygen atoms in total. The summed E-state index contributed by atoms with van der Waals surface area (Å²) < 4.78 is 15.6. The van der Waals surface area contributed by atoms with Crippen LogP contribution in [0.4, 0.5) is 0 Å². The smallest absolute Gasteiger partial charge is 0.257 e. The highest BCUT2D eigenvalue weighted by molar-refractivity contribution is 5.33. The Morgan fingerprint density at radius 2 is 2.58 bits per heavy atom. The van der Waals surface area contributed by atoms with E-state index in [4.69, 9.17) is 14.2 Å². The minimum Gasteiger partial charge on any atom is -0.468 e. The van der Waals surface area contributed by atoms with Crippen molar-refractivity contribution in [3.05, 3.63) is 18.3 Å². The Labute approximate surface area is 70.1 Å². The summed E-state index contributed by atoms with van der Waals surface area (Å²) in [6.07, 6.45) is 1.34. The fraction of sp³-hybridized carbons (Fsp3) is 0.375. The van der Waals surface area contributed by atoms with E-state index in [2.05, 4.69) is 4.98 Å².